The van der Waals surface area contributed by atoms with Gasteiger partial charge in [-0.1, -0.05) is 23.9 Å². The fourth-order valence-corrected chi connectivity index (χ4v) is 2.91. The maximum absolute atomic E-state index is 10.8. The van der Waals surface area contributed by atoms with Gasteiger partial charge in [0, 0.05) is 18.7 Å². The van der Waals surface area contributed by atoms with Crippen molar-refractivity contribution in [2.75, 3.05) is 12.9 Å². The summed E-state index contributed by atoms with van der Waals surface area (Å²) in [6.45, 7) is 2.76. The molecule has 0 atom stereocenters. The molecule has 0 aliphatic heterocycles. The van der Waals surface area contributed by atoms with Crippen LogP contribution in [0.5, 0.6) is 5.75 Å². The van der Waals surface area contributed by atoms with E-state index < -0.39 is 0 Å². The summed E-state index contributed by atoms with van der Waals surface area (Å²) in [5.41, 5.74) is 6.05. The lowest BCUT2D eigenvalue weighted by molar-refractivity contribution is -0.117. The monoisotopic (exact) mass is 306 g/mol. The molecule has 0 aliphatic carbocycles. The van der Waals surface area contributed by atoms with Crippen molar-refractivity contribution in [1.29, 1.82) is 0 Å². The van der Waals surface area contributed by atoms with Gasteiger partial charge in [0.2, 0.25) is 5.91 Å². The molecule has 0 fully saturated rings. The summed E-state index contributed by atoms with van der Waals surface area (Å²) in [4.78, 5) is 10.8. The average Bonchev–Trinajstić information content (AvgIpc) is 2.89. The lowest BCUT2D eigenvalue weighted by Gasteiger charge is -2.10. The van der Waals surface area contributed by atoms with Gasteiger partial charge in [0.15, 0.2) is 11.0 Å². The van der Waals surface area contributed by atoms with Crippen molar-refractivity contribution in [2.24, 2.45) is 5.73 Å². The highest BCUT2D eigenvalue weighted by Crippen LogP contribution is 2.30. The Kier molecular flexibility index (Phi) is 5.21. The second-order valence-electron chi connectivity index (χ2n) is 4.32. The molecule has 0 saturated carbocycles. The predicted molar refractivity (Wildman–Crippen MR) is 82.2 cm³/mol. The highest BCUT2D eigenvalue weighted by atomic mass is 32.2. The molecule has 1 heterocycles. The van der Waals surface area contributed by atoms with Crippen molar-refractivity contribution < 1.29 is 9.53 Å². The molecule has 0 unspecified atom stereocenters. The van der Waals surface area contributed by atoms with Gasteiger partial charge in [0.05, 0.1) is 12.7 Å². The van der Waals surface area contributed by atoms with E-state index in [1.807, 2.05) is 35.8 Å². The third-order valence-electron chi connectivity index (χ3n) is 2.96. The number of carbonyl (C=O) groups excluding carboxylic acids is 1. The highest BCUT2D eigenvalue weighted by molar-refractivity contribution is 7.99. The summed E-state index contributed by atoms with van der Waals surface area (Å²) in [5, 5.41) is 9.24. The molecule has 0 spiro atoms. The van der Waals surface area contributed by atoms with Crippen molar-refractivity contribution >= 4 is 17.7 Å². The maximum Gasteiger partial charge on any atom is 0.218 e. The first-order chi connectivity index (χ1) is 10.2. The third-order valence-corrected chi connectivity index (χ3v) is 3.93. The quantitative estimate of drug-likeness (QED) is 0.790. The summed E-state index contributed by atoms with van der Waals surface area (Å²) in [6, 6.07) is 7.70. The van der Waals surface area contributed by atoms with E-state index in [0.29, 0.717) is 12.2 Å². The van der Waals surface area contributed by atoms with Gasteiger partial charge in [-0.15, -0.1) is 10.2 Å². The number of rotatable bonds is 7. The fraction of sp³-hybridized carbons (Fsp3) is 0.357. The van der Waals surface area contributed by atoms with Crippen LogP contribution in [0.15, 0.2) is 29.4 Å². The van der Waals surface area contributed by atoms with Crippen LogP contribution in [-0.2, 0) is 11.3 Å². The number of para-hydroxylation sites is 1. The zero-order valence-electron chi connectivity index (χ0n) is 12.1. The third kappa shape index (κ3) is 3.55. The summed E-state index contributed by atoms with van der Waals surface area (Å²) >= 11 is 1.48. The largest absolute Gasteiger partial charge is 0.496 e. The van der Waals surface area contributed by atoms with E-state index in [1.54, 1.807) is 7.11 Å². The first kappa shape index (κ1) is 15.4. The van der Waals surface area contributed by atoms with Crippen molar-refractivity contribution in [1.82, 2.24) is 14.8 Å². The van der Waals surface area contributed by atoms with Gasteiger partial charge in [0.25, 0.3) is 0 Å². The van der Waals surface area contributed by atoms with Crippen molar-refractivity contribution in [2.45, 2.75) is 25.0 Å². The van der Waals surface area contributed by atoms with Gasteiger partial charge in [-0.3, -0.25) is 4.79 Å². The maximum atomic E-state index is 10.8. The van der Waals surface area contributed by atoms with E-state index in [2.05, 4.69) is 10.2 Å². The van der Waals surface area contributed by atoms with Crippen LogP contribution >= 0.6 is 11.8 Å². The number of aromatic nitrogens is 3. The second-order valence-corrected chi connectivity index (χ2v) is 5.38. The molecule has 2 N–H and O–H groups in total. The van der Waals surface area contributed by atoms with Crippen molar-refractivity contribution in [3.05, 3.63) is 24.3 Å². The van der Waals surface area contributed by atoms with E-state index >= 15 is 0 Å². The molecular formula is C14H18N4O2S. The topological polar surface area (TPSA) is 83.0 Å². The molecule has 0 aliphatic rings. The fourth-order valence-electron chi connectivity index (χ4n) is 1.95. The van der Waals surface area contributed by atoms with Gasteiger partial charge in [0.1, 0.15) is 5.75 Å². The minimum Gasteiger partial charge on any atom is -0.496 e. The number of carbonyl (C=O) groups is 1. The number of amides is 1. The van der Waals surface area contributed by atoms with Crippen LogP contribution in [-0.4, -0.2) is 33.5 Å². The van der Waals surface area contributed by atoms with Crippen molar-refractivity contribution in [3.63, 3.8) is 0 Å². The zero-order chi connectivity index (χ0) is 15.2. The Labute approximate surface area is 127 Å². The average molecular weight is 306 g/mol. The van der Waals surface area contributed by atoms with Gasteiger partial charge < -0.3 is 15.0 Å². The Morgan fingerprint density at radius 3 is 2.81 bits per heavy atom. The smallest absolute Gasteiger partial charge is 0.218 e. The van der Waals surface area contributed by atoms with E-state index in [9.17, 15) is 4.79 Å². The molecule has 1 aromatic heterocycles. The Morgan fingerprint density at radius 1 is 1.38 bits per heavy atom. The standard InChI is InChI=1S/C14H18N4O2S/c1-3-18-13(10-6-4-5-7-11(10)20-2)16-17-14(18)21-9-8-12(15)19/h4-7H,3,8-9H2,1-2H3,(H2,15,19). The lowest BCUT2D eigenvalue weighted by atomic mass is 10.2. The highest BCUT2D eigenvalue weighted by Gasteiger charge is 2.16. The molecular weight excluding hydrogens is 288 g/mol. The van der Waals surface area contributed by atoms with Gasteiger partial charge in [-0.05, 0) is 19.1 Å². The van der Waals surface area contributed by atoms with Crippen LogP contribution in [0.2, 0.25) is 0 Å². The number of methoxy groups -OCH3 is 1. The van der Waals surface area contributed by atoms with E-state index in [-0.39, 0.29) is 5.91 Å². The predicted octanol–water partition coefficient (Wildman–Crippen LogP) is 1.94. The number of benzene rings is 1. The molecule has 7 heteroatoms. The van der Waals surface area contributed by atoms with Gasteiger partial charge in [-0.25, -0.2) is 0 Å². The number of hydrogen-bond acceptors (Lipinski definition) is 5. The summed E-state index contributed by atoms with van der Waals surface area (Å²) in [7, 11) is 1.63. The SMILES string of the molecule is CCn1c(SCCC(N)=O)nnc1-c1ccccc1OC. The Balaban J connectivity index is 2.29. The normalized spacial score (nSPS) is 10.6. The molecule has 1 aromatic carbocycles. The second kappa shape index (κ2) is 7.12. The molecule has 2 aromatic rings. The number of nitrogens with two attached hydrogens (primary N) is 1. The van der Waals surface area contributed by atoms with Crippen molar-refractivity contribution in [3.8, 4) is 17.1 Å². The summed E-state index contributed by atoms with van der Waals surface area (Å²) in [5.74, 6) is 1.80. The molecule has 112 valence electrons. The minimum atomic E-state index is -0.310. The lowest BCUT2D eigenvalue weighted by Crippen LogP contribution is -2.11. The van der Waals surface area contributed by atoms with Crippen LogP contribution in [0.1, 0.15) is 13.3 Å². The Bertz CT molecular complexity index is 627. The Hall–Kier alpha value is -2.02. The van der Waals surface area contributed by atoms with Crippen LogP contribution in [0.4, 0.5) is 0 Å². The molecule has 21 heavy (non-hydrogen) atoms. The molecule has 6 nitrogen and oxygen atoms in total. The number of ether oxygens (including phenoxy) is 1. The number of primary amides is 1. The summed E-state index contributed by atoms with van der Waals surface area (Å²) in [6.07, 6.45) is 0.325. The molecule has 2 rings (SSSR count). The van der Waals surface area contributed by atoms with E-state index in [1.165, 1.54) is 11.8 Å². The number of thioether (sulfide) groups is 1. The van der Waals surface area contributed by atoms with E-state index in [4.69, 9.17) is 10.5 Å². The first-order valence-electron chi connectivity index (χ1n) is 6.65. The minimum absolute atomic E-state index is 0.310. The summed E-state index contributed by atoms with van der Waals surface area (Å²) < 4.78 is 7.38. The van der Waals surface area contributed by atoms with Crippen LogP contribution in [0.25, 0.3) is 11.4 Å². The van der Waals surface area contributed by atoms with E-state index in [0.717, 1.165) is 28.8 Å². The van der Waals surface area contributed by atoms with Gasteiger partial charge in [-0.2, -0.15) is 0 Å². The molecule has 0 bridgehead atoms. The van der Waals surface area contributed by atoms with Crippen LogP contribution in [0, 0.1) is 0 Å². The first-order valence-corrected chi connectivity index (χ1v) is 7.63. The Morgan fingerprint density at radius 2 is 2.14 bits per heavy atom. The van der Waals surface area contributed by atoms with Gasteiger partial charge >= 0.3 is 0 Å². The number of hydrogen-bond donors (Lipinski definition) is 1. The molecule has 1 amide bonds. The van der Waals surface area contributed by atoms with Crippen LogP contribution in [0.3, 0.4) is 0 Å². The van der Waals surface area contributed by atoms with Crippen LogP contribution < -0.4 is 10.5 Å². The molecule has 0 saturated heterocycles. The number of nitrogens with zero attached hydrogens (tertiary/aromatic N) is 3. The molecule has 0 radical (unpaired) electrons. The zero-order valence-corrected chi connectivity index (χ0v) is 12.9.